The number of fused-ring (bicyclic) bond motifs is 1. The molecule has 0 spiro atoms. The van der Waals surface area contributed by atoms with Crippen molar-refractivity contribution in [2.24, 2.45) is 0 Å². The van der Waals surface area contributed by atoms with Gasteiger partial charge in [0.1, 0.15) is 22.5 Å². The van der Waals surface area contributed by atoms with Gasteiger partial charge in [0.2, 0.25) is 6.10 Å². The van der Waals surface area contributed by atoms with Crippen LogP contribution in [0.3, 0.4) is 0 Å². The molecule has 1 aliphatic heterocycles. The molecule has 8 nitrogen and oxygen atoms in total. The van der Waals surface area contributed by atoms with E-state index in [1.165, 1.54) is 6.92 Å². The van der Waals surface area contributed by atoms with E-state index in [1.807, 2.05) is 0 Å². The van der Waals surface area contributed by atoms with Crippen molar-refractivity contribution in [3.8, 4) is 11.5 Å². The summed E-state index contributed by atoms with van der Waals surface area (Å²) in [4.78, 5) is 23.4. The smallest absolute Gasteiger partial charge is 0.326 e. The fourth-order valence-corrected chi connectivity index (χ4v) is 3.00. The highest BCUT2D eigenvalue weighted by Crippen LogP contribution is 2.30. The number of para-hydroxylation sites is 2. The van der Waals surface area contributed by atoms with E-state index in [1.54, 1.807) is 24.3 Å². The molecule has 1 aliphatic rings. The summed E-state index contributed by atoms with van der Waals surface area (Å²) in [5.74, 6) is -1.46. The van der Waals surface area contributed by atoms with E-state index in [0.717, 1.165) is 0 Å². The Kier molecular flexibility index (Phi) is 5.66. The molecule has 2 rings (SSSR count). The SMILES string of the molecule is CCS(=O)(=O)CCC(NC(=O)C1COc2ccccc2O1)C(=O)O. The molecule has 9 heteroatoms. The lowest BCUT2D eigenvalue weighted by Crippen LogP contribution is -2.50. The normalized spacial score (nSPS) is 17.8. The topological polar surface area (TPSA) is 119 Å². The van der Waals surface area contributed by atoms with Gasteiger partial charge in [0.05, 0.1) is 5.75 Å². The maximum atomic E-state index is 12.2. The second kappa shape index (κ2) is 7.52. The number of hydrogen-bond acceptors (Lipinski definition) is 6. The second-order valence-electron chi connectivity index (χ2n) is 5.29. The van der Waals surface area contributed by atoms with Crippen LogP contribution in [0.25, 0.3) is 0 Å². The fraction of sp³-hybridized carbons (Fsp3) is 0.467. The van der Waals surface area contributed by atoms with E-state index in [0.29, 0.717) is 11.5 Å². The van der Waals surface area contributed by atoms with Crippen molar-refractivity contribution in [2.45, 2.75) is 25.5 Å². The molecule has 132 valence electrons. The summed E-state index contributed by atoms with van der Waals surface area (Å²) < 4.78 is 33.9. The Morgan fingerprint density at radius 2 is 2.00 bits per heavy atom. The standard InChI is InChI=1S/C15H19NO7S/c1-2-24(20,21)8-7-10(15(18)19)16-14(17)13-9-22-11-5-3-4-6-12(11)23-13/h3-6,10,13H,2,7-9H2,1H3,(H,16,17)(H,18,19). The molecule has 0 radical (unpaired) electrons. The number of carboxylic acids is 1. The third-order valence-corrected chi connectivity index (χ3v) is 5.31. The first-order chi connectivity index (χ1) is 11.3. The van der Waals surface area contributed by atoms with Gasteiger partial charge in [0, 0.05) is 5.75 Å². The van der Waals surface area contributed by atoms with Crippen molar-refractivity contribution in [3.05, 3.63) is 24.3 Å². The summed E-state index contributed by atoms with van der Waals surface area (Å²) in [6, 6.07) is 5.51. The average molecular weight is 357 g/mol. The molecule has 2 unspecified atom stereocenters. The Labute approximate surface area is 139 Å². The van der Waals surface area contributed by atoms with Crippen molar-refractivity contribution >= 4 is 21.7 Å². The zero-order chi connectivity index (χ0) is 17.7. The number of rotatable bonds is 7. The van der Waals surface area contributed by atoms with Crippen LogP contribution in [0.4, 0.5) is 0 Å². The third kappa shape index (κ3) is 4.60. The van der Waals surface area contributed by atoms with Gasteiger partial charge in [-0.15, -0.1) is 0 Å². The summed E-state index contributed by atoms with van der Waals surface area (Å²) in [7, 11) is -3.32. The number of ether oxygens (including phenoxy) is 2. The molecule has 0 fully saturated rings. The Hall–Kier alpha value is -2.29. The Bertz CT molecular complexity index is 716. The molecule has 0 bridgehead atoms. The summed E-state index contributed by atoms with van der Waals surface area (Å²) in [5.41, 5.74) is 0. The third-order valence-electron chi connectivity index (χ3n) is 3.57. The molecule has 1 aromatic carbocycles. The number of carboxylic acid groups (broad SMARTS) is 1. The predicted molar refractivity (Wildman–Crippen MR) is 84.9 cm³/mol. The van der Waals surface area contributed by atoms with Gasteiger partial charge in [-0.2, -0.15) is 0 Å². The number of nitrogens with one attached hydrogen (secondary N) is 1. The summed E-state index contributed by atoms with van der Waals surface area (Å²) >= 11 is 0. The highest BCUT2D eigenvalue weighted by molar-refractivity contribution is 7.91. The summed E-state index contributed by atoms with van der Waals surface area (Å²) in [6.07, 6.45) is -1.20. The van der Waals surface area contributed by atoms with E-state index in [4.69, 9.17) is 14.6 Å². The van der Waals surface area contributed by atoms with Gasteiger partial charge in [-0.1, -0.05) is 19.1 Å². The molecule has 2 atom stereocenters. The number of amides is 1. The number of carbonyl (C=O) groups excluding carboxylic acids is 1. The highest BCUT2D eigenvalue weighted by Gasteiger charge is 2.31. The monoisotopic (exact) mass is 357 g/mol. The minimum atomic E-state index is -3.32. The van der Waals surface area contributed by atoms with E-state index in [-0.39, 0.29) is 24.5 Å². The molecular formula is C15H19NO7S. The minimum absolute atomic E-state index is 0.0531. The zero-order valence-electron chi connectivity index (χ0n) is 13.1. The van der Waals surface area contributed by atoms with Crippen LogP contribution in [-0.2, 0) is 19.4 Å². The van der Waals surface area contributed by atoms with Gasteiger partial charge in [0.25, 0.3) is 5.91 Å². The largest absolute Gasteiger partial charge is 0.485 e. The average Bonchev–Trinajstić information content (AvgIpc) is 2.57. The van der Waals surface area contributed by atoms with Gasteiger partial charge in [0.15, 0.2) is 11.5 Å². The first kappa shape index (κ1) is 18.1. The van der Waals surface area contributed by atoms with Crippen LogP contribution >= 0.6 is 0 Å². The van der Waals surface area contributed by atoms with E-state index in [9.17, 15) is 18.0 Å². The first-order valence-electron chi connectivity index (χ1n) is 7.44. The first-order valence-corrected chi connectivity index (χ1v) is 9.26. The van der Waals surface area contributed by atoms with Crippen molar-refractivity contribution in [2.75, 3.05) is 18.1 Å². The van der Waals surface area contributed by atoms with Crippen molar-refractivity contribution in [1.29, 1.82) is 0 Å². The van der Waals surface area contributed by atoms with Crippen LogP contribution in [0.1, 0.15) is 13.3 Å². The molecular weight excluding hydrogens is 338 g/mol. The molecule has 0 saturated heterocycles. The second-order valence-corrected chi connectivity index (χ2v) is 7.76. The van der Waals surface area contributed by atoms with Gasteiger partial charge in [-0.05, 0) is 18.6 Å². The maximum Gasteiger partial charge on any atom is 0.326 e. The van der Waals surface area contributed by atoms with E-state index >= 15 is 0 Å². The van der Waals surface area contributed by atoms with Crippen LogP contribution < -0.4 is 14.8 Å². The molecule has 1 amide bonds. The van der Waals surface area contributed by atoms with Gasteiger partial charge < -0.3 is 19.9 Å². The Morgan fingerprint density at radius 3 is 2.62 bits per heavy atom. The van der Waals surface area contributed by atoms with Crippen LogP contribution in [0.15, 0.2) is 24.3 Å². The van der Waals surface area contributed by atoms with Gasteiger partial charge in [-0.25, -0.2) is 13.2 Å². The predicted octanol–water partition coefficient (Wildman–Crippen LogP) is 0.221. The van der Waals surface area contributed by atoms with Gasteiger partial charge in [-0.3, -0.25) is 4.79 Å². The summed E-state index contributed by atoms with van der Waals surface area (Å²) in [6.45, 7) is 1.43. The number of sulfone groups is 1. The molecule has 24 heavy (non-hydrogen) atoms. The molecule has 1 aromatic rings. The molecule has 0 aliphatic carbocycles. The minimum Gasteiger partial charge on any atom is -0.485 e. The quantitative estimate of drug-likeness (QED) is 0.716. The Morgan fingerprint density at radius 1 is 1.33 bits per heavy atom. The number of hydrogen-bond donors (Lipinski definition) is 2. The van der Waals surface area contributed by atoms with E-state index < -0.39 is 33.9 Å². The van der Waals surface area contributed by atoms with Crippen molar-refractivity contribution < 1.29 is 32.6 Å². The molecule has 0 aromatic heterocycles. The number of benzene rings is 1. The molecule has 2 N–H and O–H groups in total. The van der Waals surface area contributed by atoms with E-state index in [2.05, 4.69) is 5.32 Å². The summed E-state index contributed by atoms with van der Waals surface area (Å²) in [5, 5.41) is 11.5. The van der Waals surface area contributed by atoms with Crippen LogP contribution in [0.2, 0.25) is 0 Å². The van der Waals surface area contributed by atoms with Crippen molar-refractivity contribution in [3.63, 3.8) is 0 Å². The highest BCUT2D eigenvalue weighted by atomic mass is 32.2. The van der Waals surface area contributed by atoms with Crippen LogP contribution in [0, 0.1) is 0 Å². The van der Waals surface area contributed by atoms with Crippen molar-refractivity contribution in [1.82, 2.24) is 5.32 Å². The zero-order valence-corrected chi connectivity index (χ0v) is 13.9. The lowest BCUT2D eigenvalue weighted by Gasteiger charge is -2.26. The lowest BCUT2D eigenvalue weighted by molar-refractivity contribution is -0.143. The Balaban J connectivity index is 1.97. The number of carbonyl (C=O) groups is 2. The fourth-order valence-electron chi connectivity index (χ4n) is 2.11. The van der Waals surface area contributed by atoms with Crippen LogP contribution in [-0.4, -0.2) is 55.7 Å². The molecule has 0 saturated carbocycles. The van der Waals surface area contributed by atoms with Gasteiger partial charge >= 0.3 is 5.97 Å². The lowest BCUT2D eigenvalue weighted by atomic mass is 10.2. The number of aliphatic carboxylic acids is 1. The molecule has 1 heterocycles. The van der Waals surface area contributed by atoms with Crippen LogP contribution in [0.5, 0.6) is 11.5 Å². The maximum absolute atomic E-state index is 12.2.